The van der Waals surface area contributed by atoms with Gasteiger partial charge >= 0.3 is 6.03 Å². The number of hydrogen-bond donors (Lipinski definition) is 2. The zero-order valence-electron chi connectivity index (χ0n) is 14.4. The van der Waals surface area contributed by atoms with Crippen LogP contribution >= 0.6 is 15.9 Å². The van der Waals surface area contributed by atoms with Gasteiger partial charge in [-0.2, -0.15) is 0 Å². The number of hydrogen-bond acceptors (Lipinski definition) is 3. The van der Waals surface area contributed by atoms with Crippen molar-refractivity contribution in [2.75, 3.05) is 7.11 Å². The molecular formula is C18H23BrN2O3. The van der Waals surface area contributed by atoms with E-state index >= 15 is 0 Å². The first kappa shape index (κ1) is 17.4. The molecule has 3 atom stereocenters. The van der Waals surface area contributed by atoms with E-state index in [1.54, 1.807) is 7.11 Å². The van der Waals surface area contributed by atoms with Crippen molar-refractivity contribution >= 4 is 27.9 Å². The molecule has 1 saturated heterocycles. The highest BCUT2D eigenvalue weighted by Crippen LogP contribution is 2.56. The number of carbonyl (C=O) groups excluding carboxylic acids is 2. The van der Waals surface area contributed by atoms with Crippen LogP contribution in [0.15, 0.2) is 22.7 Å². The minimum atomic E-state index is -1.01. The second-order valence-corrected chi connectivity index (χ2v) is 8.22. The summed E-state index contributed by atoms with van der Waals surface area (Å²) >= 11 is 3.50. The van der Waals surface area contributed by atoms with Crippen LogP contribution in [0.25, 0.3) is 0 Å². The summed E-state index contributed by atoms with van der Waals surface area (Å²) in [4.78, 5) is 24.8. The summed E-state index contributed by atoms with van der Waals surface area (Å²) in [5.41, 5.74) is 0.754. The number of urea groups is 1. The van der Waals surface area contributed by atoms with Crippen LogP contribution in [0.5, 0.6) is 0 Å². The van der Waals surface area contributed by atoms with E-state index in [-0.39, 0.29) is 23.3 Å². The maximum absolute atomic E-state index is 12.9. The van der Waals surface area contributed by atoms with Gasteiger partial charge in [-0.3, -0.25) is 10.1 Å². The highest BCUT2D eigenvalue weighted by molar-refractivity contribution is 9.10. The fourth-order valence-electron chi connectivity index (χ4n) is 4.32. The SMILES string of the molecule is COC(C)CCC1C(C)(C)c2ccc(Br)cc2C12NC(=O)NC2=O. The predicted molar refractivity (Wildman–Crippen MR) is 94.7 cm³/mol. The molecule has 1 fully saturated rings. The van der Waals surface area contributed by atoms with Gasteiger partial charge in [0.1, 0.15) is 0 Å². The molecule has 130 valence electrons. The molecule has 6 heteroatoms. The highest BCUT2D eigenvalue weighted by atomic mass is 79.9. The zero-order valence-corrected chi connectivity index (χ0v) is 16.0. The lowest BCUT2D eigenvalue weighted by atomic mass is 9.70. The Balaban J connectivity index is 2.13. The molecule has 0 bridgehead atoms. The molecule has 24 heavy (non-hydrogen) atoms. The molecule has 3 unspecified atom stereocenters. The van der Waals surface area contributed by atoms with Gasteiger partial charge in [0.15, 0.2) is 5.54 Å². The minimum absolute atomic E-state index is 0.0432. The number of halogens is 1. The first-order chi connectivity index (χ1) is 11.2. The summed E-state index contributed by atoms with van der Waals surface area (Å²) in [7, 11) is 1.69. The van der Waals surface area contributed by atoms with Gasteiger partial charge < -0.3 is 10.1 Å². The van der Waals surface area contributed by atoms with Crippen LogP contribution in [0.4, 0.5) is 4.79 Å². The Bertz CT molecular complexity index is 704. The molecule has 0 saturated carbocycles. The van der Waals surface area contributed by atoms with E-state index in [2.05, 4.69) is 46.5 Å². The number of amides is 3. The lowest BCUT2D eigenvalue weighted by molar-refractivity contribution is -0.127. The van der Waals surface area contributed by atoms with E-state index in [9.17, 15) is 9.59 Å². The number of imide groups is 1. The van der Waals surface area contributed by atoms with E-state index in [4.69, 9.17) is 4.74 Å². The third-order valence-electron chi connectivity index (χ3n) is 5.65. The molecule has 3 rings (SSSR count). The van der Waals surface area contributed by atoms with Crippen LogP contribution in [-0.2, 0) is 20.5 Å². The Kier molecular flexibility index (Phi) is 4.24. The zero-order chi connectivity index (χ0) is 17.7. The second kappa shape index (κ2) is 5.85. The molecule has 2 aliphatic rings. The third kappa shape index (κ3) is 2.39. The average Bonchev–Trinajstić information content (AvgIpc) is 2.90. The molecule has 5 nitrogen and oxygen atoms in total. The number of nitrogens with one attached hydrogen (secondary N) is 2. The molecule has 1 aliphatic heterocycles. The maximum Gasteiger partial charge on any atom is 0.322 e. The number of fused-ring (bicyclic) bond motifs is 2. The topological polar surface area (TPSA) is 67.4 Å². The summed E-state index contributed by atoms with van der Waals surface area (Å²) in [5.74, 6) is -0.300. The molecule has 0 aromatic heterocycles. The molecule has 1 aromatic rings. The molecule has 2 N–H and O–H groups in total. The first-order valence-electron chi connectivity index (χ1n) is 8.20. The van der Waals surface area contributed by atoms with Gasteiger partial charge in [0.25, 0.3) is 5.91 Å². The smallest absolute Gasteiger partial charge is 0.322 e. The Morgan fingerprint density at radius 1 is 1.29 bits per heavy atom. The van der Waals surface area contributed by atoms with Gasteiger partial charge in [-0.15, -0.1) is 0 Å². The fourth-order valence-corrected chi connectivity index (χ4v) is 4.68. The van der Waals surface area contributed by atoms with Crippen molar-refractivity contribution in [3.05, 3.63) is 33.8 Å². The standard InChI is InChI=1S/C18H23BrN2O3/c1-10(24-4)5-8-14-17(2,3)12-7-6-11(19)9-13(12)18(14)15(22)20-16(23)21-18/h6-7,9-10,14H,5,8H2,1-4H3,(H2,20,21,22,23). The summed E-state index contributed by atoms with van der Waals surface area (Å²) in [5, 5.41) is 5.39. The molecule has 3 amide bonds. The van der Waals surface area contributed by atoms with Crippen LogP contribution < -0.4 is 10.6 Å². The first-order valence-corrected chi connectivity index (χ1v) is 8.99. The summed E-state index contributed by atoms with van der Waals surface area (Å²) in [6, 6.07) is 5.58. The van der Waals surface area contributed by atoms with E-state index in [0.29, 0.717) is 0 Å². The summed E-state index contributed by atoms with van der Waals surface area (Å²) in [6.07, 6.45) is 1.71. The fraction of sp³-hybridized carbons (Fsp3) is 0.556. The van der Waals surface area contributed by atoms with Crippen molar-refractivity contribution in [3.8, 4) is 0 Å². The highest BCUT2D eigenvalue weighted by Gasteiger charge is 2.63. The second-order valence-electron chi connectivity index (χ2n) is 7.30. The van der Waals surface area contributed by atoms with Crippen molar-refractivity contribution in [3.63, 3.8) is 0 Å². The van der Waals surface area contributed by atoms with E-state index < -0.39 is 11.6 Å². The Morgan fingerprint density at radius 2 is 2.00 bits per heavy atom. The molecule has 0 radical (unpaired) electrons. The Labute approximate surface area is 150 Å². The van der Waals surface area contributed by atoms with E-state index in [1.165, 1.54) is 0 Å². The average molecular weight is 395 g/mol. The minimum Gasteiger partial charge on any atom is -0.382 e. The van der Waals surface area contributed by atoms with Crippen molar-refractivity contribution in [1.82, 2.24) is 10.6 Å². The molecule has 1 aliphatic carbocycles. The molecular weight excluding hydrogens is 372 g/mol. The number of rotatable bonds is 4. The van der Waals surface area contributed by atoms with Crippen molar-refractivity contribution < 1.29 is 14.3 Å². The van der Waals surface area contributed by atoms with Crippen molar-refractivity contribution in [2.24, 2.45) is 5.92 Å². The summed E-state index contributed by atoms with van der Waals surface area (Å²) in [6.45, 7) is 6.31. The van der Waals surface area contributed by atoms with Crippen LogP contribution in [-0.4, -0.2) is 25.2 Å². The predicted octanol–water partition coefficient (Wildman–Crippen LogP) is 3.21. The Hall–Kier alpha value is -1.40. The number of methoxy groups -OCH3 is 1. The van der Waals surface area contributed by atoms with Crippen LogP contribution in [0.3, 0.4) is 0 Å². The normalized spacial score (nSPS) is 28.6. The van der Waals surface area contributed by atoms with E-state index in [0.717, 1.165) is 28.4 Å². The molecule has 1 aromatic carbocycles. The number of benzene rings is 1. The maximum atomic E-state index is 12.9. The van der Waals surface area contributed by atoms with Crippen molar-refractivity contribution in [1.29, 1.82) is 0 Å². The van der Waals surface area contributed by atoms with Gasteiger partial charge in [0.2, 0.25) is 0 Å². The van der Waals surface area contributed by atoms with Crippen LogP contribution in [0, 0.1) is 5.92 Å². The Morgan fingerprint density at radius 3 is 2.58 bits per heavy atom. The third-order valence-corrected chi connectivity index (χ3v) is 6.15. The van der Waals surface area contributed by atoms with Crippen LogP contribution in [0.1, 0.15) is 44.7 Å². The number of ether oxygens (including phenoxy) is 1. The van der Waals surface area contributed by atoms with E-state index in [1.807, 2.05) is 19.1 Å². The van der Waals surface area contributed by atoms with Gasteiger partial charge in [0.05, 0.1) is 6.10 Å². The van der Waals surface area contributed by atoms with Gasteiger partial charge in [0, 0.05) is 17.5 Å². The van der Waals surface area contributed by atoms with Gasteiger partial charge in [-0.05, 0) is 48.4 Å². The molecule has 1 spiro atoms. The monoisotopic (exact) mass is 394 g/mol. The lowest BCUT2D eigenvalue weighted by Gasteiger charge is -2.36. The van der Waals surface area contributed by atoms with Gasteiger partial charge in [-0.1, -0.05) is 35.8 Å². The molecule has 1 heterocycles. The van der Waals surface area contributed by atoms with Crippen molar-refractivity contribution in [2.45, 2.75) is 50.7 Å². The van der Waals surface area contributed by atoms with Gasteiger partial charge in [-0.25, -0.2) is 4.79 Å². The quantitative estimate of drug-likeness (QED) is 0.770. The number of carbonyl (C=O) groups is 2. The summed E-state index contributed by atoms with van der Waals surface area (Å²) < 4.78 is 6.28. The lowest BCUT2D eigenvalue weighted by Crippen LogP contribution is -2.50. The largest absolute Gasteiger partial charge is 0.382 e. The van der Waals surface area contributed by atoms with Crippen LogP contribution in [0.2, 0.25) is 0 Å².